The van der Waals surface area contributed by atoms with E-state index in [-0.39, 0.29) is 35.8 Å². The van der Waals surface area contributed by atoms with Crippen LogP contribution in [0.5, 0.6) is 0 Å². The Morgan fingerprint density at radius 3 is 2.19 bits per heavy atom. The lowest BCUT2D eigenvalue weighted by Crippen LogP contribution is -2.61. The highest BCUT2D eigenvalue weighted by molar-refractivity contribution is 5.87. The fourth-order valence-corrected chi connectivity index (χ4v) is 7.13. The number of carbonyl (C=O) groups is 1. The Bertz CT molecular complexity index is 1010. The highest BCUT2D eigenvalue weighted by atomic mass is 16.5. The summed E-state index contributed by atoms with van der Waals surface area (Å²) < 4.78 is 11.9. The Morgan fingerprint density at radius 2 is 1.66 bits per heavy atom. The molecule has 4 heteroatoms. The SMILES string of the molecule is C=CC[C@@H]1[C@H]2[C@@H](C(=O)N1CC=C)C1c3ccccc3C2([C@H](COC)OC)c2ccccc21. The van der Waals surface area contributed by atoms with Crippen molar-refractivity contribution in [2.75, 3.05) is 27.4 Å². The first-order valence-electron chi connectivity index (χ1n) is 11.4. The van der Waals surface area contributed by atoms with Crippen LogP contribution in [0.25, 0.3) is 0 Å². The van der Waals surface area contributed by atoms with E-state index in [1.165, 1.54) is 22.3 Å². The Kier molecular flexibility index (Phi) is 5.31. The Hall–Kier alpha value is -2.69. The maximum atomic E-state index is 14.0. The summed E-state index contributed by atoms with van der Waals surface area (Å²) in [6.45, 7) is 8.96. The summed E-state index contributed by atoms with van der Waals surface area (Å²) in [7, 11) is 3.48. The third kappa shape index (κ3) is 2.54. The summed E-state index contributed by atoms with van der Waals surface area (Å²) in [5, 5.41) is 0. The van der Waals surface area contributed by atoms with Crippen molar-refractivity contribution >= 4 is 5.91 Å². The van der Waals surface area contributed by atoms with E-state index in [1.807, 2.05) is 17.1 Å². The summed E-state index contributed by atoms with van der Waals surface area (Å²) in [6, 6.07) is 17.3. The second-order valence-electron chi connectivity index (χ2n) is 9.12. The first-order valence-corrected chi connectivity index (χ1v) is 11.4. The maximum absolute atomic E-state index is 14.0. The zero-order chi connectivity index (χ0) is 22.5. The zero-order valence-corrected chi connectivity index (χ0v) is 18.9. The number of methoxy groups -OCH3 is 2. The van der Waals surface area contributed by atoms with Crippen LogP contribution in [-0.2, 0) is 19.7 Å². The van der Waals surface area contributed by atoms with E-state index in [0.717, 1.165) is 6.42 Å². The van der Waals surface area contributed by atoms with Crippen LogP contribution >= 0.6 is 0 Å². The molecule has 1 fully saturated rings. The lowest BCUT2D eigenvalue weighted by molar-refractivity contribution is -0.132. The number of nitrogens with zero attached hydrogens (tertiary/aromatic N) is 1. The molecule has 4 atom stereocenters. The monoisotopic (exact) mass is 429 g/mol. The summed E-state index contributed by atoms with van der Waals surface area (Å²) in [5.74, 6) is 0.179. The van der Waals surface area contributed by atoms with Crippen molar-refractivity contribution in [1.29, 1.82) is 0 Å². The standard InChI is InChI=1S/C28H31NO3/c1-5-11-22-26-25(27(30)29(22)16-6-2)24-18-12-7-9-14-20(18)28(26,23(32-4)17-31-3)21-15-10-8-13-19(21)24/h5-10,12-15,22-26H,1-2,11,16-17H2,3-4H3/t22-,23+,24?,25+,26+,28?/m1/s1. The molecule has 1 heterocycles. The van der Waals surface area contributed by atoms with Gasteiger partial charge in [0.1, 0.15) is 0 Å². The Labute approximate surface area is 190 Å². The van der Waals surface area contributed by atoms with E-state index in [1.54, 1.807) is 14.2 Å². The van der Waals surface area contributed by atoms with E-state index in [2.05, 4.69) is 61.7 Å². The molecule has 32 heavy (non-hydrogen) atoms. The van der Waals surface area contributed by atoms with Crippen LogP contribution < -0.4 is 0 Å². The average molecular weight is 430 g/mol. The van der Waals surface area contributed by atoms with Gasteiger partial charge in [-0.15, -0.1) is 13.2 Å². The minimum Gasteiger partial charge on any atom is -0.382 e. The summed E-state index contributed by atoms with van der Waals surface area (Å²) in [5.41, 5.74) is 4.55. The number of carbonyl (C=O) groups excluding carboxylic acids is 1. The van der Waals surface area contributed by atoms with Gasteiger partial charge in [0, 0.05) is 38.6 Å². The average Bonchev–Trinajstić information content (AvgIpc) is 3.10. The van der Waals surface area contributed by atoms with Crippen molar-refractivity contribution < 1.29 is 14.3 Å². The predicted molar refractivity (Wildman–Crippen MR) is 126 cm³/mol. The molecule has 2 bridgehead atoms. The van der Waals surface area contributed by atoms with Crippen LogP contribution in [-0.4, -0.2) is 50.3 Å². The second-order valence-corrected chi connectivity index (χ2v) is 9.12. The van der Waals surface area contributed by atoms with Gasteiger partial charge in [-0.05, 0) is 28.7 Å². The van der Waals surface area contributed by atoms with Crippen LogP contribution in [0.4, 0.5) is 0 Å². The number of benzene rings is 2. The van der Waals surface area contributed by atoms with Gasteiger partial charge in [-0.3, -0.25) is 4.79 Å². The molecule has 0 unspecified atom stereocenters. The van der Waals surface area contributed by atoms with Crippen LogP contribution in [0.1, 0.15) is 34.6 Å². The van der Waals surface area contributed by atoms with E-state index >= 15 is 0 Å². The first kappa shape index (κ1) is 21.2. The molecule has 2 aromatic rings. The van der Waals surface area contributed by atoms with E-state index in [9.17, 15) is 4.79 Å². The molecule has 0 radical (unpaired) electrons. The maximum Gasteiger partial charge on any atom is 0.227 e. The highest BCUT2D eigenvalue weighted by Gasteiger charge is 2.69. The predicted octanol–water partition coefficient (Wildman–Crippen LogP) is 4.30. The molecular weight excluding hydrogens is 398 g/mol. The molecule has 6 rings (SSSR count). The van der Waals surface area contributed by atoms with Crippen LogP contribution in [0.2, 0.25) is 0 Å². The van der Waals surface area contributed by atoms with E-state index in [0.29, 0.717) is 13.2 Å². The minimum absolute atomic E-state index is 0.0294. The number of ether oxygens (including phenoxy) is 2. The van der Waals surface area contributed by atoms with Gasteiger partial charge in [0.05, 0.1) is 24.0 Å². The number of hydrogen-bond acceptors (Lipinski definition) is 3. The number of hydrogen-bond donors (Lipinski definition) is 0. The fourth-order valence-electron chi connectivity index (χ4n) is 7.13. The number of rotatable bonds is 8. The topological polar surface area (TPSA) is 38.8 Å². The quantitative estimate of drug-likeness (QED) is 0.588. The smallest absolute Gasteiger partial charge is 0.227 e. The molecule has 4 aliphatic rings. The third-order valence-electron chi connectivity index (χ3n) is 7.98. The van der Waals surface area contributed by atoms with Crippen LogP contribution in [0, 0.1) is 11.8 Å². The van der Waals surface area contributed by atoms with Gasteiger partial charge in [-0.1, -0.05) is 60.7 Å². The molecule has 0 spiro atoms. The molecule has 0 aromatic heterocycles. The van der Waals surface area contributed by atoms with Crippen molar-refractivity contribution in [2.24, 2.45) is 11.8 Å². The Balaban J connectivity index is 1.88. The van der Waals surface area contributed by atoms with Gasteiger partial charge in [0.15, 0.2) is 0 Å². The largest absolute Gasteiger partial charge is 0.382 e. The van der Waals surface area contributed by atoms with Crippen molar-refractivity contribution in [3.63, 3.8) is 0 Å². The van der Waals surface area contributed by atoms with E-state index < -0.39 is 5.41 Å². The van der Waals surface area contributed by atoms with Crippen LogP contribution in [0.3, 0.4) is 0 Å². The Morgan fingerprint density at radius 1 is 1.03 bits per heavy atom. The van der Waals surface area contributed by atoms with Gasteiger partial charge in [0.2, 0.25) is 5.91 Å². The molecule has 0 N–H and O–H groups in total. The van der Waals surface area contributed by atoms with Crippen molar-refractivity contribution in [1.82, 2.24) is 4.90 Å². The van der Waals surface area contributed by atoms with E-state index in [4.69, 9.17) is 9.47 Å². The van der Waals surface area contributed by atoms with Gasteiger partial charge in [-0.25, -0.2) is 0 Å². The van der Waals surface area contributed by atoms with Crippen molar-refractivity contribution in [3.8, 4) is 0 Å². The molecule has 4 nitrogen and oxygen atoms in total. The molecule has 3 aliphatic carbocycles. The molecule has 2 aromatic carbocycles. The fraction of sp³-hybridized carbons (Fsp3) is 0.393. The molecule has 1 amide bonds. The summed E-state index contributed by atoms with van der Waals surface area (Å²) >= 11 is 0. The van der Waals surface area contributed by atoms with Gasteiger partial charge < -0.3 is 14.4 Å². The van der Waals surface area contributed by atoms with Gasteiger partial charge >= 0.3 is 0 Å². The minimum atomic E-state index is -0.489. The molecule has 166 valence electrons. The van der Waals surface area contributed by atoms with Crippen LogP contribution in [0.15, 0.2) is 73.8 Å². The second kappa shape index (κ2) is 8.02. The van der Waals surface area contributed by atoms with Crippen molar-refractivity contribution in [2.45, 2.75) is 29.9 Å². The molecule has 0 saturated carbocycles. The number of likely N-dealkylation sites (tertiary alicyclic amines) is 1. The third-order valence-corrected chi connectivity index (χ3v) is 7.98. The lowest BCUT2D eigenvalue weighted by Gasteiger charge is -2.58. The van der Waals surface area contributed by atoms with Gasteiger partial charge in [-0.2, -0.15) is 0 Å². The van der Waals surface area contributed by atoms with Crippen molar-refractivity contribution in [3.05, 3.63) is 96.1 Å². The first-order chi connectivity index (χ1) is 15.7. The van der Waals surface area contributed by atoms with Gasteiger partial charge in [0.25, 0.3) is 0 Å². The molecule has 1 saturated heterocycles. The lowest BCUT2D eigenvalue weighted by atomic mass is 9.44. The summed E-state index contributed by atoms with van der Waals surface area (Å²) in [6.07, 6.45) is 4.29. The molecular formula is C28H31NO3. The number of amides is 1. The zero-order valence-electron chi connectivity index (χ0n) is 18.9. The normalized spacial score (nSPS) is 30.4. The summed E-state index contributed by atoms with van der Waals surface area (Å²) in [4.78, 5) is 16.0. The highest BCUT2D eigenvalue weighted by Crippen LogP contribution is 2.66. The molecule has 1 aliphatic heterocycles.